The largest absolute Gasteiger partial charge is 0.456 e. The highest BCUT2D eigenvalue weighted by atomic mass is 16.3. The first-order chi connectivity index (χ1) is 23.8. The number of aromatic nitrogens is 4. The molecule has 6 nitrogen and oxygen atoms in total. The molecule has 0 aliphatic carbocycles. The van der Waals surface area contributed by atoms with Crippen LogP contribution in [0.1, 0.15) is 0 Å². The Morgan fingerprint density at radius 3 is 1.73 bits per heavy atom. The van der Waals surface area contributed by atoms with Crippen molar-refractivity contribution in [3.63, 3.8) is 0 Å². The van der Waals surface area contributed by atoms with E-state index in [0.717, 1.165) is 82.5 Å². The fourth-order valence-electron chi connectivity index (χ4n) is 6.93. The zero-order chi connectivity index (χ0) is 31.6. The van der Waals surface area contributed by atoms with Crippen molar-refractivity contribution in [1.29, 1.82) is 0 Å². The molecule has 0 fully saturated rings. The van der Waals surface area contributed by atoms with Crippen molar-refractivity contribution in [2.45, 2.75) is 0 Å². The van der Waals surface area contributed by atoms with E-state index in [1.165, 1.54) is 0 Å². The normalized spacial score (nSPS) is 11.8. The van der Waals surface area contributed by atoms with E-state index in [0.29, 0.717) is 17.5 Å². The second-order valence-electron chi connectivity index (χ2n) is 11.8. The van der Waals surface area contributed by atoms with Gasteiger partial charge in [0.25, 0.3) is 0 Å². The molecule has 0 N–H and O–H groups in total. The van der Waals surface area contributed by atoms with Crippen LogP contribution in [0.15, 0.2) is 155 Å². The van der Waals surface area contributed by atoms with Crippen molar-refractivity contribution in [3.8, 4) is 45.3 Å². The SMILES string of the molecule is c1ccc(-c2nc(-c3ccc(-c4cccc5oc6ccccc6c45)c4ccccc34)nc(-c3cccc4oc5cnccc5c34)n2)cc1. The average Bonchev–Trinajstić information content (AvgIpc) is 3.73. The number of nitrogens with zero attached hydrogens (tertiary/aromatic N) is 4. The van der Waals surface area contributed by atoms with Crippen LogP contribution in [0.2, 0.25) is 0 Å². The molecule has 6 heteroatoms. The number of furan rings is 2. The molecule has 0 aliphatic rings. The highest BCUT2D eigenvalue weighted by molar-refractivity contribution is 6.16. The molecule has 6 aromatic carbocycles. The van der Waals surface area contributed by atoms with Gasteiger partial charge in [-0.25, -0.2) is 15.0 Å². The quantitative estimate of drug-likeness (QED) is 0.196. The van der Waals surface area contributed by atoms with Crippen LogP contribution in [0.4, 0.5) is 0 Å². The predicted octanol–water partition coefficient (Wildman–Crippen LogP) is 10.9. The molecule has 0 unspecified atom stereocenters. The molecule has 224 valence electrons. The minimum absolute atomic E-state index is 0.576. The molecule has 0 spiro atoms. The van der Waals surface area contributed by atoms with Crippen molar-refractivity contribution in [3.05, 3.63) is 146 Å². The third-order valence-corrected chi connectivity index (χ3v) is 9.07. The second kappa shape index (κ2) is 10.4. The lowest BCUT2D eigenvalue weighted by atomic mass is 9.92. The van der Waals surface area contributed by atoms with E-state index >= 15 is 0 Å². The van der Waals surface area contributed by atoms with E-state index in [1.807, 2.05) is 72.8 Å². The number of rotatable bonds is 4. The van der Waals surface area contributed by atoms with Crippen LogP contribution < -0.4 is 0 Å². The van der Waals surface area contributed by atoms with Gasteiger partial charge in [0.2, 0.25) is 0 Å². The van der Waals surface area contributed by atoms with Gasteiger partial charge in [-0.1, -0.05) is 103 Å². The lowest BCUT2D eigenvalue weighted by Crippen LogP contribution is -2.01. The van der Waals surface area contributed by atoms with Gasteiger partial charge in [0.1, 0.15) is 16.7 Å². The predicted molar refractivity (Wildman–Crippen MR) is 191 cm³/mol. The first kappa shape index (κ1) is 26.5. The number of pyridine rings is 1. The maximum absolute atomic E-state index is 6.24. The van der Waals surface area contributed by atoms with Crippen LogP contribution in [-0.2, 0) is 0 Å². The van der Waals surface area contributed by atoms with E-state index in [4.69, 9.17) is 23.8 Å². The fraction of sp³-hybridized carbons (Fsp3) is 0. The van der Waals surface area contributed by atoms with E-state index < -0.39 is 0 Å². The third kappa shape index (κ3) is 4.06. The van der Waals surface area contributed by atoms with Crippen LogP contribution in [0.3, 0.4) is 0 Å². The molecule has 48 heavy (non-hydrogen) atoms. The molecule has 0 amide bonds. The number of benzene rings is 6. The van der Waals surface area contributed by atoms with Gasteiger partial charge in [0, 0.05) is 44.4 Å². The van der Waals surface area contributed by atoms with Crippen LogP contribution in [0, 0.1) is 0 Å². The Kier molecular flexibility index (Phi) is 5.77. The van der Waals surface area contributed by atoms with E-state index in [1.54, 1.807) is 12.4 Å². The van der Waals surface area contributed by atoms with Gasteiger partial charge < -0.3 is 8.83 Å². The molecular formula is C42H24N4O2. The van der Waals surface area contributed by atoms with Crippen molar-refractivity contribution in [1.82, 2.24) is 19.9 Å². The summed E-state index contributed by atoms with van der Waals surface area (Å²) in [6, 6.07) is 45.3. The minimum Gasteiger partial charge on any atom is -0.456 e. The fourth-order valence-corrected chi connectivity index (χ4v) is 6.93. The Balaban J connectivity index is 1.23. The van der Waals surface area contributed by atoms with Gasteiger partial charge in [-0.15, -0.1) is 0 Å². The van der Waals surface area contributed by atoms with Crippen LogP contribution in [0.25, 0.3) is 99.9 Å². The monoisotopic (exact) mass is 616 g/mol. The molecule has 0 radical (unpaired) electrons. The Labute approximate surface area is 274 Å². The lowest BCUT2D eigenvalue weighted by molar-refractivity contribution is 0.667. The summed E-state index contributed by atoms with van der Waals surface area (Å²) in [5.74, 6) is 1.77. The van der Waals surface area contributed by atoms with E-state index in [-0.39, 0.29) is 0 Å². The molecule has 10 rings (SSSR count). The van der Waals surface area contributed by atoms with Crippen LogP contribution in [-0.4, -0.2) is 19.9 Å². The smallest absolute Gasteiger partial charge is 0.164 e. The summed E-state index contributed by atoms with van der Waals surface area (Å²) >= 11 is 0. The van der Waals surface area contributed by atoms with Crippen molar-refractivity contribution >= 4 is 54.6 Å². The lowest BCUT2D eigenvalue weighted by Gasteiger charge is -2.14. The van der Waals surface area contributed by atoms with Crippen LogP contribution in [0.5, 0.6) is 0 Å². The maximum atomic E-state index is 6.24. The topological polar surface area (TPSA) is 77.8 Å². The van der Waals surface area contributed by atoms with Crippen molar-refractivity contribution < 1.29 is 8.83 Å². The third-order valence-electron chi connectivity index (χ3n) is 9.07. The molecule has 0 atom stereocenters. The number of fused-ring (bicyclic) bond motifs is 7. The number of para-hydroxylation sites is 1. The summed E-state index contributed by atoms with van der Waals surface area (Å²) in [6.07, 6.45) is 3.52. The summed E-state index contributed by atoms with van der Waals surface area (Å²) < 4.78 is 12.4. The molecule has 0 saturated heterocycles. The summed E-state index contributed by atoms with van der Waals surface area (Å²) in [4.78, 5) is 19.6. The summed E-state index contributed by atoms with van der Waals surface area (Å²) in [7, 11) is 0. The number of hydrogen-bond acceptors (Lipinski definition) is 6. The second-order valence-corrected chi connectivity index (χ2v) is 11.8. The molecule has 0 bridgehead atoms. The molecule has 0 aliphatic heterocycles. The Hall–Kier alpha value is -6.66. The zero-order valence-corrected chi connectivity index (χ0v) is 25.5. The molecule has 10 aromatic rings. The molecule has 4 heterocycles. The summed E-state index contributed by atoms with van der Waals surface area (Å²) in [5.41, 5.74) is 8.17. The first-order valence-electron chi connectivity index (χ1n) is 15.8. The standard InChI is InChI=1S/C42H24N4O2/c1-2-10-25(11-3-1)40-44-41(46-42(45-40)33-16-9-19-36-39(33)32-22-23-43-24-37(32)48-36)30-21-20-28(26-12-4-5-13-27(26)30)29-15-8-18-35-38(29)31-14-6-7-17-34(31)47-35/h1-24H. The van der Waals surface area contributed by atoms with Gasteiger partial charge >= 0.3 is 0 Å². The average molecular weight is 617 g/mol. The molecule has 0 saturated carbocycles. The van der Waals surface area contributed by atoms with Gasteiger partial charge in [-0.2, -0.15) is 0 Å². The maximum Gasteiger partial charge on any atom is 0.164 e. The van der Waals surface area contributed by atoms with Gasteiger partial charge in [0.05, 0.1) is 6.20 Å². The zero-order valence-electron chi connectivity index (χ0n) is 25.5. The van der Waals surface area contributed by atoms with Crippen molar-refractivity contribution in [2.24, 2.45) is 0 Å². The van der Waals surface area contributed by atoms with Crippen molar-refractivity contribution in [2.75, 3.05) is 0 Å². The van der Waals surface area contributed by atoms with Crippen LogP contribution >= 0.6 is 0 Å². The van der Waals surface area contributed by atoms with Gasteiger partial charge in [0.15, 0.2) is 23.1 Å². The summed E-state index contributed by atoms with van der Waals surface area (Å²) in [5, 5.41) is 6.28. The van der Waals surface area contributed by atoms with Gasteiger partial charge in [-0.3, -0.25) is 4.98 Å². The summed E-state index contributed by atoms with van der Waals surface area (Å²) in [6.45, 7) is 0. The number of hydrogen-bond donors (Lipinski definition) is 0. The molecular weight excluding hydrogens is 592 g/mol. The Bertz CT molecular complexity index is 2850. The Morgan fingerprint density at radius 1 is 0.354 bits per heavy atom. The molecule has 4 aromatic heterocycles. The van der Waals surface area contributed by atoms with Gasteiger partial charge in [-0.05, 0) is 52.2 Å². The van der Waals surface area contributed by atoms with E-state index in [9.17, 15) is 0 Å². The van der Waals surface area contributed by atoms with E-state index in [2.05, 4.69) is 65.6 Å². The highest BCUT2D eigenvalue weighted by Gasteiger charge is 2.20. The minimum atomic E-state index is 0.576. The highest BCUT2D eigenvalue weighted by Crippen LogP contribution is 2.42. The Morgan fingerprint density at radius 2 is 0.917 bits per heavy atom. The first-order valence-corrected chi connectivity index (χ1v) is 15.8.